The lowest BCUT2D eigenvalue weighted by Gasteiger charge is -2.38. The number of fused-ring (bicyclic) bond motifs is 2. The predicted molar refractivity (Wildman–Crippen MR) is 124 cm³/mol. The summed E-state index contributed by atoms with van der Waals surface area (Å²) in [6, 6.07) is 10.2. The summed E-state index contributed by atoms with van der Waals surface area (Å²) in [5.41, 5.74) is 1.00. The summed E-state index contributed by atoms with van der Waals surface area (Å²) in [7, 11) is 0. The van der Waals surface area contributed by atoms with E-state index in [0.29, 0.717) is 40.6 Å². The van der Waals surface area contributed by atoms with Crippen LogP contribution < -0.4 is 15.0 Å². The Morgan fingerprint density at radius 3 is 2.69 bits per heavy atom. The Morgan fingerprint density at radius 2 is 1.97 bits per heavy atom. The molecule has 1 unspecified atom stereocenters. The minimum absolute atomic E-state index is 0.352. The SMILES string of the molecule is CCCn1nc(NC2[C@@H]3CC[C@H]2CN(c2cc(C)ncn2)C3)nc1Oc1cccc(Cl)c1. The van der Waals surface area contributed by atoms with E-state index in [9.17, 15) is 0 Å². The van der Waals surface area contributed by atoms with Gasteiger partial charge in [-0.3, -0.25) is 0 Å². The highest BCUT2D eigenvalue weighted by Crippen LogP contribution is 2.39. The van der Waals surface area contributed by atoms with Crippen LogP contribution in [0.4, 0.5) is 11.8 Å². The molecule has 3 aromatic rings. The molecule has 1 aromatic carbocycles. The van der Waals surface area contributed by atoms with Crippen molar-refractivity contribution < 1.29 is 4.74 Å². The van der Waals surface area contributed by atoms with Gasteiger partial charge >= 0.3 is 6.01 Å². The summed E-state index contributed by atoms with van der Waals surface area (Å²) in [4.78, 5) is 15.8. The third-order valence-corrected chi connectivity index (χ3v) is 6.56. The first-order chi connectivity index (χ1) is 15.6. The molecule has 3 atom stereocenters. The number of nitrogens with one attached hydrogen (secondary N) is 1. The summed E-state index contributed by atoms with van der Waals surface area (Å²) in [5.74, 6) is 3.36. The quantitative estimate of drug-likeness (QED) is 0.561. The lowest BCUT2D eigenvalue weighted by Crippen LogP contribution is -2.48. The van der Waals surface area contributed by atoms with Gasteiger partial charge in [0, 0.05) is 42.5 Å². The lowest BCUT2D eigenvalue weighted by molar-refractivity contribution is 0.374. The van der Waals surface area contributed by atoms with Crippen LogP contribution in [0.25, 0.3) is 0 Å². The highest BCUT2D eigenvalue weighted by Gasteiger charge is 2.43. The summed E-state index contributed by atoms with van der Waals surface area (Å²) in [6.45, 7) is 6.82. The molecule has 1 aliphatic heterocycles. The largest absolute Gasteiger partial charge is 0.424 e. The van der Waals surface area contributed by atoms with Gasteiger partial charge in [0.05, 0.1) is 0 Å². The van der Waals surface area contributed by atoms with Gasteiger partial charge in [-0.05, 0) is 56.2 Å². The molecule has 0 radical (unpaired) electrons. The van der Waals surface area contributed by atoms with E-state index >= 15 is 0 Å². The van der Waals surface area contributed by atoms with E-state index in [2.05, 4.69) is 38.2 Å². The Kier molecular flexibility index (Phi) is 5.87. The number of aromatic nitrogens is 5. The van der Waals surface area contributed by atoms with E-state index in [1.807, 2.05) is 29.8 Å². The lowest BCUT2D eigenvalue weighted by atomic mass is 9.92. The highest BCUT2D eigenvalue weighted by molar-refractivity contribution is 6.30. The second-order valence-corrected chi connectivity index (χ2v) is 9.13. The zero-order valence-corrected chi connectivity index (χ0v) is 19.2. The maximum atomic E-state index is 6.10. The van der Waals surface area contributed by atoms with Crippen LogP contribution in [0.2, 0.25) is 5.02 Å². The molecule has 9 heteroatoms. The molecule has 2 fully saturated rings. The van der Waals surface area contributed by atoms with Gasteiger partial charge in [0.2, 0.25) is 5.95 Å². The average molecular weight is 454 g/mol. The molecular formula is C23H28ClN7O. The molecule has 5 rings (SSSR count). The van der Waals surface area contributed by atoms with Crippen LogP contribution in [0.15, 0.2) is 36.7 Å². The van der Waals surface area contributed by atoms with Crippen molar-refractivity contribution in [3.8, 4) is 11.8 Å². The zero-order chi connectivity index (χ0) is 22.1. The number of benzene rings is 1. The van der Waals surface area contributed by atoms with Crippen LogP contribution in [-0.4, -0.2) is 43.9 Å². The van der Waals surface area contributed by atoms with E-state index < -0.39 is 0 Å². The van der Waals surface area contributed by atoms with Crippen LogP contribution in [0.3, 0.4) is 0 Å². The fraction of sp³-hybridized carbons (Fsp3) is 0.478. The van der Waals surface area contributed by atoms with Crippen LogP contribution in [0.5, 0.6) is 11.8 Å². The van der Waals surface area contributed by atoms with Crippen molar-refractivity contribution in [2.24, 2.45) is 11.8 Å². The Labute approximate surface area is 193 Å². The molecule has 1 N–H and O–H groups in total. The Hall–Kier alpha value is -2.87. The monoisotopic (exact) mass is 453 g/mol. The molecular weight excluding hydrogens is 426 g/mol. The number of ether oxygens (including phenoxy) is 1. The topological polar surface area (TPSA) is 81.0 Å². The molecule has 8 nitrogen and oxygen atoms in total. The smallest absolute Gasteiger partial charge is 0.322 e. The van der Waals surface area contributed by atoms with Gasteiger partial charge in [0.25, 0.3) is 0 Å². The number of rotatable bonds is 7. The molecule has 32 heavy (non-hydrogen) atoms. The minimum Gasteiger partial charge on any atom is -0.424 e. The van der Waals surface area contributed by atoms with Crippen molar-refractivity contribution in [2.45, 2.75) is 45.7 Å². The van der Waals surface area contributed by atoms with Gasteiger partial charge in [0.1, 0.15) is 17.9 Å². The van der Waals surface area contributed by atoms with E-state index in [-0.39, 0.29) is 0 Å². The minimum atomic E-state index is 0.352. The first-order valence-corrected chi connectivity index (χ1v) is 11.6. The van der Waals surface area contributed by atoms with Gasteiger partial charge in [-0.1, -0.05) is 24.6 Å². The molecule has 1 saturated carbocycles. The maximum absolute atomic E-state index is 6.10. The molecule has 0 spiro atoms. The van der Waals surface area contributed by atoms with Gasteiger partial charge in [-0.15, -0.1) is 5.10 Å². The Morgan fingerprint density at radius 1 is 1.16 bits per heavy atom. The number of piperidine rings is 1. The van der Waals surface area contributed by atoms with Crippen LogP contribution in [0, 0.1) is 18.8 Å². The van der Waals surface area contributed by atoms with Gasteiger partial charge in [0.15, 0.2) is 0 Å². The first-order valence-electron chi connectivity index (χ1n) is 11.3. The third kappa shape index (κ3) is 4.37. The molecule has 2 bridgehead atoms. The predicted octanol–water partition coefficient (Wildman–Crippen LogP) is 4.56. The fourth-order valence-corrected chi connectivity index (χ4v) is 5.05. The van der Waals surface area contributed by atoms with Crippen LogP contribution in [0.1, 0.15) is 31.9 Å². The van der Waals surface area contributed by atoms with Crippen molar-refractivity contribution in [2.75, 3.05) is 23.3 Å². The number of anilines is 2. The second kappa shape index (κ2) is 8.94. The highest BCUT2D eigenvalue weighted by atomic mass is 35.5. The maximum Gasteiger partial charge on any atom is 0.322 e. The molecule has 1 aliphatic carbocycles. The average Bonchev–Trinajstić information content (AvgIpc) is 3.23. The summed E-state index contributed by atoms with van der Waals surface area (Å²) in [5, 5.41) is 8.96. The van der Waals surface area contributed by atoms with Gasteiger partial charge in [-0.2, -0.15) is 4.98 Å². The fourth-order valence-electron chi connectivity index (χ4n) is 4.87. The standard InChI is InChI=1S/C23H28ClN7O/c1-3-9-31-23(32-19-6-4-5-18(24)11-19)28-22(29-31)27-21-16-7-8-17(21)13-30(12-16)20-10-15(2)25-14-26-20/h4-6,10-11,14,16-17,21H,3,7-9,12-13H2,1-2H3,(H,27,29)/t16-,17+,21?. The zero-order valence-electron chi connectivity index (χ0n) is 18.4. The van der Waals surface area contributed by atoms with Crippen LogP contribution in [-0.2, 0) is 6.54 Å². The normalized spacial score (nSPS) is 22.2. The van der Waals surface area contributed by atoms with E-state index in [0.717, 1.165) is 37.6 Å². The van der Waals surface area contributed by atoms with Crippen molar-refractivity contribution in [3.05, 3.63) is 47.4 Å². The summed E-state index contributed by atoms with van der Waals surface area (Å²) >= 11 is 6.10. The van der Waals surface area contributed by atoms with Crippen molar-refractivity contribution in [1.29, 1.82) is 0 Å². The van der Waals surface area contributed by atoms with E-state index in [4.69, 9.17) is 21.4 Å². The van der Waals surface area contributed by atoms with Gasteiger partial charge in [-0.25, -0.2) is 14.6 Å². The summed E-state index contributed by atoms with van der Waals surface area (Å²) in [6.07, 6.45) is 4.99. The molecule has 2 aliphatic rings. The van der Waals surface area contributed by atoms with E-state index in [1.54, 1.807) is 12.4 Å². The van der Waals surface area contributed by atoms with Crippen molar-refractivity contribution in [1.82, 2.24) is 24.7 Å². The summed E-state index contributed by atoms with van der Waals surface area (Å²) < 4.78 is 7.83. The number of hydrogen-bond acceptors (Lipinski definition) is 7. The number of halogens is 1. The Bertz CT molecular complexity index is 1070. The van der Waals surface area contributed by atoms with Crippen LogP contribution >= 0.6 is 11.6 Å². The molecule has 3 heterocycles. The molecule has 2 aromatic heterocycles. The number of aryl methyl sites for hydroxylation is 2. The van der Waals surface area contributed by atoms with E-state index in [1.165, 1.54) is 12.8 Å². The number of hydrogen-bond donors (Lipinski definition) is 1. The van der Waals surface area contributed by atoms with Crippen molar-refractivity contribution in [3.63, 3.8) is 0 Å². The van der Waals surface area contributed by atoms with Gasteiger partial charge < -0.3 is 15.0 Å². The first kappa shape index (κ1) is 21.0. The molecule has 1 saturated heterocycles. The third-order valence-electron chi connectivity index (χ3n) is 6.32. The second-order valence-electron chi connectivity index (χ2n) is 8.69. The molecule has 168 valence electrons. The Balaban J connectivity index is 1.31. The molecule has 0 amide bonds. The number of nitrogens with zero attached hydrogens (tertiary/aromatic N) is 6. The van der Waals surface area contributed by atoms with Crippen molar-refractivity contribution >= 4 is 23.4 Å².